The van der Waals surface area contributed by atoms with Crippen molar-refractivity contribution in [1.82, 2.24) is 29.6 Å². The van der Waals surface area contributed by atoms with E-state index in [1.54, 1.807) is 28.0 Å². The van der Waals surface area contributed by atoms with Gasteiger partial charge >= 0.3 is 0 Å². The Labute approximate surface area is 179 Å². The molecular weight excluding hydrogens is 402 g/mol. The van der Waals surface area contributed by atoms with Crippen LogP contribution in [-0.4, -0.2) is 83.0 Å². The second-order valence-electron chi connectivity index (χ2n) is 6.77. The topological polar surface area (TPSA) is 108 Å². The molecule has 31 heavy (non-hydrogen) atoms. The standard InChI is InChI=1S/C20H23N7O4/c1-29-15-8-14(9-16(30-2)19(15)31-3)20(28)26-6-4-25(5-7-26)17-10-18(23-12-22-17)27-13-21-11-24-27/h8-13H,4-7H2,1-3H3. The summed E-state index contributed by atoms with van der Waals surface area (Å²) in [6.07, 6.45) is 4.54. The van der Waals surface area contributed by atoms with Crippen molar-refractivity contribution in [3.8, 4) is 23.1 Å². The Morgan fingerprint density at radius 3 is 2.13 bits per heavy atom. The van der Waals surface area contributed by atoms with Crippen LogP contribution in [0.3, 0.4) is 0 Å². The molecule has 0 aliphatic carbocycles. The molecule has 0 saturated carbocycles. The highest BCUT2D eigenvalue weighted by Gasteiger charge is 2.25. The molecule has 1 aromatic carbocycles. The Hall–Kier alpha value is -3.89. The van der Waals surface area contributed by atoms with Gasteiger partial charge in [0.2, 0.25) is 5.75 Å². The van der Waals surface area contributed by atoms with Gasteiger partial charge in [-0.1, -0.05) is 0 Å². The lowest BCUT2D eigenvalue weighted by Gasteiger charge is -2.35. The molecule has 0 N–H and O–H groups in total. The number of benzene rings is 1. The minimum absolute atomic E-state index is 0.0927. The second-order valence-corrected chi connectivity index (χ2v) is 6.77. The Bertz CT molecular complexity index is 1020. The van der Waals surface area contributed by atoms with Crippen LogP contribution in [0.2, 0.25) is 0 Å². The van der Waals surface area contributed by atoms with Gasteiger partial charge in [0.15, 0.2) is 17.3 Å². The van der Waals surface area contributed by atoms with Crippen molar-refractivity contribution >= 4 is 11.7 Å². The lowest BCUT2D eigenvalue weighted by molar-refractivity contribution is 0.0745. The van der Waals surface area contributed by atoms with Crippen LogP contribution in [0.25, 0.3) is 5.82 Å². The van der Waals surface area contributed by atoms with Crippen molar-refractivity contribution in [2.24, 2.45) is 0 Å². The number of aromatic nitrogens is 5. The van der Waals surface area contributed by atoms with E-state index in [9.17, 15) is 4.79 Å². The smallest absolute Gasteiger partial charge is 0.254 e. The third kappa shape index (κ3) is 4.06. The van der Waals surface area contributed by atoms with Crippen molar-refractivity contribution in [1.29, 1.82) is 0 Å². The fourth-order valence-electron chi connectivity index (χ4n) is 3.49. The predicted molar refractivity (Wildman–Crippen MR) is 111 cm³/mol. The van der Waals surface area contributed by atoms with Crippen molar-refractivity contribution in [2.75, 3.05) is 52.4 Å². The average molecular weight is 425 g/mol. The minimum atomic E-state index is -0.0927. The van der Waals surface area contributed by atoms with Gasteiger partial charge in [-0.15, -0.1) is 0 Å². The third-order valence-corrected chi connectivity index (χ3v) is 5.09. The maximum Gasteiger partial charge on any atom is 0.254 e. The molecule has 1 amide bonds. The first-order valence-electron chi connectivity index (χ1n) is 9.66. The van der Waals surface area contributed by atoms with Crippen LogP contribution < -0.4 is 19.1 Å². The van der Waals surface area contributed by atoms with Crippen molar-refractivity contribution in [2.45, 2.75) is 0 Å². The monoisotopic (exact) mass is 425 g/mol. The molecular formula is C20H23N7O4. The maximum absolute atomic E-state index is 13.1. The highest BCUT2D eigenvalue weighted by Crippen LogP contribution is 2.38. The lowest BCUT2D eigenvalue weighted by atomic mass is 10.1. The van der Waals surface area contributed by atoms with Gasteiger partial charge in [0, 0.05) is 37.8 Å². The zero-order chi connectivity index (χ0) is 21.8. The Balaban J connectivity index is 1.47. The Morgan fingerprint density at radius 1 is 0.871 bits per heavy atom. The third-order valence-electron chi connectivity index (χ3n) is 5.09. The summed E-state index contributed by atoms with van der Waals surface area (Å²) < 4.78 is 17.6. The number of piperazine rings is 1. The number of amides is 1. The van der Waals surface area contributed by atoms with Crippen LogP contribution in [0.15, 0.2) is 37.2 Å². The molecule has 162 valence electrons. The van der Waals surface area contributed by atoms with E-state index < -0.39 is 0 Å². The van der Waals surface area contributed by atoms with E-state index in [0.29, 0.717) is 54.8 Å². The first kappa shape index (κ1) is 20.4. The summed E-state index contributed by atoms with van der Waals surface area (Å²) >= 11 is 0. The molecule has 1 saturated heterocycles. The SMILES string of the molecule is COc1cc(C(=O)N2CCN(c3cc(-n4cncn4)ncn3)CC2)cc(OC)c1OC. The number of methoxy groups -OCH3 is 3. The molecule has 2 aromatic heterocycles. The molecule has 0 spiro atoms. The summed E-state index contributed by atoms with van der Waals surface area (Å²) in [5, 5.41) is 4.10. The van der Waals surface area contributed by atoms with E-state index in [1.165, 1.54) is 34.0 Å². The van der Waals surface area contributed by atoms with Crippen LogP contribution in [0.1, 0.15) is 10.4 Å². The van der Waals surface area contributed by atoms with Crippen LogP contribution in [0.4, 0.5) is 5.82 Å². The van der Waals surface area contributed by atoms with Crippen molar-refractivity contribution in [3.63, 3.8) is 0 Å². The fourth-order valence-corrected chi connectivity index (χ4v) is 3.49. The molecule has 3 heterocycles. The molecule has 3 aromatic rings. The van der Waals surface area contributed by atoms with E-state index in [4.69, 9.17) is 14.2 Å². The molecule has 4 rings (SSSR count). The molecule has 11 heteroatoms. The number of hydrogen-bond donors (Lipinski definition) is 0. The fraction of sp³-hybridized carbons (Fsp3) is 0.350. The van der Waals surface area contributed by atoms with E-state index in [-0.39, 0.29) is 5.91 Å². The van der Waals surface area contributed by atoms with Gasteiger partial charge in [0.1, 0.15) is 24.8 Å². The van der Waals surface area contributed by atoms with Gasteiger partial charge < -0.3 is 24.0 Å². The normalized spacial score (nSPS) is 13.8. The molecule has 0 radical (unpaired) electrons. The highest BCUT2D eigenvalue weighted by atomic mass is 16.5. The van der Waals surface area contributed by atoms with Crippen LogP contribution in [-0.2, 0) is 0 Å². The quantitative estimate of drug-likeness (QED) is 0.572. The summed E-state index contributed by atoms with van der Waals surface area (Å²) in [6, 6.07) is 5.20. The van der Waals surface area contributed by atoms with Gasteiger partial charge in [-0.25, -0.2) is 19.6 Å². The average Bonchev–Trinajstić information content (AvgIpc) is 3.38. The molecule has 11 nitrogen and oxygen atoms in total. The summed E-state index contributed by atoms with van der Waals surface area (Å²) in [5.41, 5.74) is 0.485. The molecule has 0 bridgehead atoms. The molecule has 0 atom stereocenters. The number of anilines is 1. The van der Waals surface area contributed by atoms with Crippen LogP contribution in [0.5, 0.6) is 17.2 Å². The Kier molecular flexibility index (Phi) is 5.83. The van der Waals surface area contributed by atoms with Gasteiger partial charge in [-0.3, -0.25) is 4.79 Å². The first-order valence-corrected chi connectivity index (χ1v) is 9.66. The van der Waals surface area contributed by atoms with Crippen LogP contribution >= 0.6 is 0 Å². The van der Waals surface area contributed by atoms with Gasteiger partial charge in [-0.05, 0) is 12.1 Å². The first-order chi connectivity index (χ1) is 15.1. The predicted octanol–water partition coefficient (Wildman–Crippen LogP) is 1.05. The van der Waals surface area contributed by atoms with Crippen molar-refractivity contribution < 1.29 is 19.0 Å². The number of nitrogens with zero attached hydrogens (tertiary/aromatic N) is 7. The zero-order valence-electron chi connectivity index (χ0n) is 17.6. The molecule has 0 unspecified atom stereocenters. The number of rotatable bonds is 6. The summed E-state index contributed by atoms with van der Waals surface area (Å²) in [7, 11) is 4.59. The maximum atomic E-state index is 13.1. The second kappa shape index (κ2) is 8.86. The number of carbonyl (C=O) groups excluding carboxylic acids is 1. The highest BCUT2D eigenvalue weighted by molar-refractivity contribution is 5.95. The number of carbonyl (C=O) groups is 1. The summed E-state index contributed by atoms with van der Waals surface area (Å²) in [6.45, 7) is 2.39. The number of hydrogen-bond acceptors (Lipinski definition) is 9. The summed E-state index contributed by atoms with van der Waals surface area (Å²) in [4.78, 5) is 29.6. The van der Waals surface area contributed by atoms with Gasteiger partial charge in [0.25, 0.3) is 5.91 Å². The number of ether oxygens (including phenoxy) is 3. The van der Waals surface area contributed by atoms with Crippen LogP contribution in [0, 0.1) is 0 Å². The zero-order valence-corrected chi connectivity index (χ0v) is 17.6. The molecule has 1 fully saturated rings. The Morgan fingerprint density at radius 2 is 1.55 bits per heavy atom. The van der Waals surface area contributed by atoms with Gasteiger partial charge in [-0.2, -0.15) is 5.10 Å². The van der Waals surface area contributed by atoms with E-state index in [0.717, 1.165) is 5.82 Å². The lowest BCUT2D eigenvalue weighted by Crippen LogP contribution is -2.49. The minimum Gasteiger partial charge on any atom is -0.493 e. The van der Waals surface area contributed by atoms with E-state index in [1.807, 2.05) is 6.07 Å². The molecule has 1 aliphatic heterocycles. The van der Waals surface area contributed by atoms with E-state index >= 15 is 0 Å². The molecule has 1 aliphatic rings. The van der Waals surface area contributed by atoms with Crippen molar-refractivity contribution in [3.05, 3.63) is 42.7 Å². The van der Waals surface area contributed by atoms with E-state index in [2.05, 4.69) is 25.0 Å². The largest absolute Gasteiger partial charge is 0.493 e. The van der Waals surface area contributed by atoms with Gasteiger partial charge in [0.05, 0.1) is 21.3 Å². The summed E-state index contributed by atoms with van der Waals surface area (Å²) in [5.74, 6) is 2.68.